The number of benzene rings is 1. The Balaban J connectivity index is 1.69. The molecule has 2 aromatic heterocycles. The van der Waals surface area contributed by atoms with Crippen LogP contribution in [0.2, 0.25) is 10.0 Å². The van der Waals surface area contributed by atoms with E-state index in [2.05, 4.69) is 30.6 Å². The summed E-state index contributed by atoms with van der Waals surface area (Å²) in [6, 6.07) is 6.53. The number of thioether (sulfide) groups is 2. The molecule has 0 aliphatic heterocycles. The normalized spacial score (nSPS) is 10.5. The van der Waals surface area contributed by atoms with Gasteiger partial charge in [-0.3, -0.25) is 9.59 Å². The van der Waals surface area contributed by atoms with Crippen molar-refractivity contribution in [2.45, 2.75) is 10.3 Å². The standard InChI is InChI=1S/C18H14Cl2N6O2S2/c1-29-17-21-7-11(19)13(25-17)15(27)23-9-3-5-10(6-4-9)24-16(28)14-12(20)8-22-18(26-14)30-2/h3-8H,1-2H3,(H,23,27)(H,24,28). The molecule has 0 unspecified atom stereocenters. The number of amides is 2. The van der Waals surface area contributed by atoms with Crippen LogP contribution >= 0.6 is 46.7 Å². The molecule has 0 aliphatic rings. The average Bonchev–Trinajstić information content (AvgIpc) is 2.75. The van der Waals surface area contributed by atoms with E-state index < -0.39 is 11.8 Å². The zero-order valence-electron chi connectivity index (χ0n) is 15.6. The molecule has 0 fully saturated rings. The van der Waals surface area contributed by atoms with Crippen LogP contribution in [0.25, 0.3) is 0 Å². The van der Waals surface area contributed by atoms with Gasteiger partial charge in [0.15, 0.2) is 21.7 Å². The molecule has 3 aromatic rings. The fraction of sp³-hybridized carbons (Fsp3) is 0.111. The molecule has 1 aromatic carbocycles. The first-order chi connectivity index (χ1) is 14.4. The molecular weight excluding hydrogens is 467 g/mol. The number of hydrogen-bond acceptors (Lipinski definition) is 8. The van der Waals surface area contributed by atoms with E-state index in [1.54, 1.807) is 36.8 Å². The van der Waals surface area contributed by atoms with Gasteiger partial charge in [0.1, 0.15) is 0 Å². The average molecular weight is 481 g/mol. The minimum Gasteiger partial charge on any atom is -0.321 e. The number of hydrogen-bond donors (Lipinski definition) is 2. The zero-order chi connectivity index (χ0) is 21.7. The third kappa shape index (κ3) is 5.39. The fourth-order valence-corrected chi connectivity index (χ4v) is 3.27. The zero-order valence-corrected chi connectivity index (χ0v) is 18.8. The van der Waals surface area contributed by atoms with Gasteiger partial charge in [0.25, 0.3) is 11.8 Å². The summed E-state index contributed by atoms with van der Waals surface area (Å²) in [5.41, 5.74) is 1.17. The minimum atomic E-state index is -0.466. The molecule has 0 saturated carbocycles. The molecular formula is C18H14Cl2N6O2S2. The quantitative estimate of drug-likeness (QED) is 0.391. The Kier molecular flexibility index (Phi) is 7.48. The van der Waals surface area contributed by atoms with Crippen molar-refractivity contribution < 1.29 is 9.59 Å². The maximum Gasteiger partial charge on any atom is 0.275 e. The van der Waals surface area contributed by atoms with Gasteiger partial charge in [0.2, 0.25) is 0 Å². The molecule has 0 atom stereocenters. The van der Waals surface area contributed by atoms with Crippen molar-refractivity contribution in [3.63, 3.8) is 0 Å². The number of aromatic nitrogens is 4. The molecule has 3 rings (SSSR count). The molecule has 30 heavy (non-hydrogen) atoms. The Bertz CT molecular complexity index is 1010. The van der Waals surface area contributed by atoms with Crippen molar-refractivity contribution in [2.24, 2.45) is 0 Å². The van der Waals surface area contributed by atoms with Crippen LogP contribution in [-0.2, 0) is 0 Å². The van der Waals surface area contributed by atoms with E-state index in [1.165, 1.54) is 35.9 Å². The van der Waals surface area contributed by atoms with Crippen molar-refractivity contribution in [2.75, 3.05) is 23.1 Å². The monoisotopic (exact) mass is 480 g/mol. The molecule has 2 amide bonds. The van der Waals surface area contributed by atoms with Crippen LogP contribution in [0.1, 0.15) is 21.0 Å². The Morgan fingerprint density at radius 3 is 1.47 bits per heavy atom. The van der Waals surface area contributed by atoms with Crippen molar-refractivity contribution in [3.8, 4) is 0 Å². The van der Waals surface area contributed by atoms with Crippen molar-refractivity contribution in [3.05, 3.63) is 58.1 Å². The summed E-state index contributed by atoms with van der Waals surface area (Å²) < 4.78 is 0. The van der Waals surface area contributed by atoms with Crippen molar-refractivity contribution in [1.29, 1.82) is 0 Å². The Labute approximate surface area is 190 Å². The highest BCUT2D eigenvalue weighted by Gasteiger charge is 2.16. The van der Waals surface area contributed by atoms with Crippen molar-refractivity contribution in [1.82, 2.24) is 19.9 Å². The second-order valence-corrected chi connectivity index (χ2v) is 7.95. The largest absolute Gasteiger partial charge is 0.321 e. The predicted octanol–water partition coefficient (Wildman–Crippen LogP) is 4.52. The fourth-order valence-electron chi connectivity index (χ4n) is 2.23. The Morgan fingerprint density at radius 2 is 1.13 bits per heavy atom. The van der Waals surface area contributed by atoms with Gasteiger partial charge in [-0.05, 0) is 36.8 Å². The SMILES string of the molecule is CSc1ncc(Cl)c(C(=O)Nc2ccc(NC(=O)c3nc(SC)ncc3Cl)cc2)n1. The van der Waals surface area contributed by atoms with Gasteiger partial charge in [-0.15, -0.1) is 0 Å². The van der Waals surface area contributed by atoms with E-state index in [4.69, 9.17) is 23.2 Å². The van der Waals surface area contributed by atoms with Crippen molar-refractivity contribution >= 4 is 69.9 Å². The van der Waals surface area contributed by atoms with Crippen LogP contribution < -0.4 is 10.6 Å². The smallest absolute Gasteiger partial charge is 0.275 e. The minimum absolute atomic E-state index is 0.0800. The van der Waals surface area contributed by atoms with E-state index in [0.717, 1.165) is 0 Å². The topological polar surface area (TPSA) is 110 Å². The highest BCUT2D eigenvalue weighted by atomic mass is 35.5. The second-order valence-electron chi connectivity index (χ2n) is 5.59. The van der Waals surface area contributed by atoms with Crippen LogP contribution in [0.5, 0.6) is 0 Å². The molecule has 2 heterocycles. The third-order valence-electron chi connectivity index (χ3n) is 3.64. The Hall–Kier alpha value is -2.40. The number of rotatable bonds is 6. The maximum atomic E-state index is 12.5. The number of anilines is 2. The van der Waals surface area contributed by atoms with E-state index in [-0.39, 0.29) is 21.4 Å². The molecule has 0 aliphatic carbocycles. The molecule has 154 valence electrons. The highest BCUT2D eigenvalue weighted by molar-refractivity contribution is 7.98. The molecule has 0 radical (unpaired) electrons. The summed E-state index contributed by atoms with van der Waals surface area (Å²) >= 11 is 14.7. The van der Waals surface area contributed by atoms with Gasteiger partial charge >= 0.3 is 0 Å². The van der Waals surface area contributed by atoms with Crippen LogP contribution in [0.4, 0.5) is 11.4 Å². The second kappa shape index (κ2) is 10.1. The summed E-state index contributed by atoms with van der Waals surface area (Å²) in [6.45, 7) is 0. The lowest BCUT2D eigenvalue weighted by Crippen LogP contribution is -2.16. The molecule has 8 nitrogen and oxygen atoms in total. The number of halogens is 2. The van der Waals surface area contributed by atoms with E-state index in [0.29, 0.717) is 21.7 Å². The summed E-state index contributed by atoms with van der Waals surface area (Å²) in [6.07, 6.45) is 6.37. The molecule has 0 saturated heterocycles. The summed E-state index contributed by atoms with van der Waals surface area (Å²) in [7, 11) is 0. The summed E-state index contributed by atoms with van der Waals surface area (Å²) in [5.74, 6) is -0.932. The van der Waals surface area contributed by atoms with Crippen LogP contribution in [0.15, 0.2) is 47.0 Å². The molecule has 12 heteroatoms. The van der Waals surface area contributed by atoms with Gasteiger partial charge in [-0.25, -0.2) is 19.9 Å². The summed E-state index contributed by atoms with van der Waals surface area (Å²) in [4.78, 5) is 41.2. The van der Waals surface area contributed by atoms with Crippen LogP contribution in [0, 0.1) is 0 Å². The lowest BCUT2D eigenvalue weighted by Gasteiger charge is -2.09. The first kappa shape index (κ1) is 22.3. The van der Waals surface area contributed by atoms with Gasteiger partial charge in [-0.2, -0.15) is 0 Å². The summed E-state index contributed by atoms with van der Waals surface area (Å²) in [5, 5.41) is 6.60. The number of carbonyl (C=O) groups excluding carboxylic acids is 2. The van der Waals surface area contributed by atoms with E-state index in [1.807, 2.05) is 0 Å². The number of carbonyl (C=O) groups is 2. The predicted molar refractivity (Wildman–Crippen MR) is 120 cm³/mol. The van der Waals surface area contributed by atoms with Gasteiger partial charge < -0.3 is 10.6 Å². The van der Waals surface area contributed by atoms with E-state index in [9.17, 15) is 9.59 Å². The number of nitrogens with zero attached hydrogens (tertiary/aromatic N) is 4. The highest BCUT2D eigenvalue weighted by Crippen LogP contribution is 2.21. The van der Waals surface area contributed by atoms with Crippen LogP contribution in [-0.4, -0.2) is 44.3 Å². The Morgan fingerprint density at radius 1 is 0.767 bits per heavy atom. The first-order valence-corrected chi connectivity index (χ1v) is 11.5. The molecule has 2 N–H and O–H groups in total. The maximum absolute atomic E-state index is 12.5. The van der Waals surface area contributed by atoms with Gasteiger partial charge in [0.05, 0.1) is 22.4 Å². The molecule has 0 bridgehead atoms. The van der Waals surface area contributed by atoms with Gasteiger partial charge in [0, 0.05) is 11.4 Å². The third-order valence-corrected chi connectivity index (χ3v) is 5.32. The number of nitrogens with one attached hydrogen (secondary N) is 2. The van der Waals surface area contributed by atoms with Gasteiger partial charge in [-0.1, -0.05) is 46.7 Å². The van der Waals surface area contributed by atoms with E-state index >= 15 is 0 Å². The van der Waals surface area contributed by atoms with Crippen LogP contribution in [0.3, 0.4) is 0 Å². The molecule has 0 spiro atoms. The lowest BCUT2D eigenvalue weighted by molar-refractivity contribution is 0.101. The first-order valence-electron chi connectivity index (χ1n) is 8.27. The lowest BCUT2D eigenvalue weighted by atomic mass is 10.2.